The molecule has 19 nitrogen and oxygen atoms in total. The number of hydrogen-bond acceptors (Lipinski definition) is 15. The first-order valence-corrected chi connectivity index (χ1v) is 18.3. The van der Waals surface area contributed by atoms with E-state index < -0.39 is 52.2 Å². The summed E-state index contributed by atoms with van der Waals surface area (Å²) in [7, 11) is 0. The number of benzene rings is 1. The number of thioether (sulfide) groups is 1. The summed E-state index contributed by atoms with van der Waals surface area (Å²) in [6, 6.07) is 1.55. The number of nitrogens with two attached hydrogens (primary N) is 1. The number of fused-ring (bicyclic) bond motifs is 1. The second kappa shape index (κ2) is 14.6. The van der Waals surface area contributed by atoms with E-state index in [0.29, 0.717) is 29.0 Å². The third-order valence-electron chi connectivity index (χ3n) is 9.02. The Labute approximate surface area is 308 Å². The van der Waals surface area contributed by atoms with Gasteiger partial charge >= 0.3 is 5.97 Å². The van der Waals surface area contributed by atoms with E-state index in [1.54, 1.807) is 4.90 Å². The lowest BCUT2D eigenvalue weighted by Crippen LogP contribution is -2.70. The molecule has 8 N–H and O–H groups in total. The number of rotatable bonds is 13. The summed E-state index contributed by atoms with van der Waals surface area (Å²) in [6.07, 6.45) is 1.93. The zero-order chi connectivity index (χ0) is 37.4. The molecular formula is C30H35ClN11O8S2+. The van der Waals surface area contributed by atoms with Gasteiger partial charge in [0.25, 0.3) is 17.7 Å². The van der Waals surface area contributed by atoms with E-state index in [0.717, 1.165) is 42.8 Å². The van der Waals surface area contributed by atoms with Gasteiger partial charge in [-0.1, -0.05) is 16.8 Å². The SMILES string of the molecule is CC(C)(O/N=C(\C(=O)N[C@@H]1C(=O)N2C(c3nnn[nH]3)=C(C[N+]3(CCNC(=O)c4ccc(O)c(O)c4Cl)CCCC3)CS[C@H]12)c1csc(N)n1)C(=O)O. The van der Waals surface area contributed by atoms with Crippen LogP contribution in [0.4, 0.5) is 5.13 Å². The molecule has 3 aliphatic rings. The summed E-state index contributed by atoms with van der Waals surface area (Å²) in [5.74, 6) is -3.27. The minimum Gasteiger partial charge on any atom is -0.504 e. The van der Waals surface area contributed by atoms with Crippen LogP contribution in [-0.2, 0) is 19.2 Å². The number of aromatic hydroxyl groups is 2. The van der Waals surface area contributed by atoms with Crippen molar-refractivity contribution in [2.45, 2.75) is 43.7 Å². The van der Waals surface area contributed by atoms with Crippen LogP contribution in [-0.4, -0.2) is 135 Å². The van der Waals surface area contributed by atoms with E-state index in [1.165, 1.54) is 43.1 Å². The monoisotopic (exact) mass is 776 g/mol. The third kappa shape index (κ3) is 7.20. The van der Waals surface area contributed by atoms with E-state index in [2.05, 4.69) is 41.4 Å². The molecule has 3 amide bonds. The Morgan fingerprint density at radius 2 is 2.00 bits per heavy atom. The van der Waals surface area contributed by atoms with Gasteiger partial charge in [0.05, 0.1) is 42.5 Å². The number of nitrogen functional groups attached to an aromatic ring is 1. The molecule has 22 heteroatoms. The molecule has 5 heterocycles. The molecule has 3 aliphatic heterocycles. The number of hydrogen-bond donors (Lipinski definition) is 7. The van der Waals surface area contributed by atoms with Gasteiger partial charge in [0.2, 0.25) is 5.60 Å². The number of thiazole rings is 1. The summed E-state index contributed by atoms with van der Waals surface area (Å²) >= 11 is 8.59. The van der Waals surface area contributed by atoms with Crippen LogP contribution < -0.4 is 16.4 Å². The summed E-state index contributed by atoms with van der Waals surface area (Å²) < 4.78 is 0.617. The number of carboxylic acids is 1. The molecule has 0 radical (unpaired) electrons. The molecule has 2 saturated heterocycles. The van der Waals surface area contributed by atoms with Crippen molar-refractivity contribution >= 4 is 74.9 Å². The summed E-state index contributed by atoms with van der Waals surface area (Å²) in [4.78, 5) is 62.7. The second-order valence-corrected chi connectivity index (χ2v) is 15.3. The number of quaternary nitrogens is 1. The molecule has 2 aromatic heterocycles. The molecule has 276 valence electrons. The number of H-pyrrole nitrogens is 1. The Morgan fingerprint density at radius 1 is 1.25 bits per heavy atom. The second-order valence-electron chi connectivity index (χ2n) is 12.9. The number of aliphatic carboxylic acids is 1. The van der Waals surface area contributed by atoms with Crippen LogP contribution in [0.1, 0.15) is 48.6 Å². The molecule has 0 aliphatic carbocycles. The van der Waals surface area contributed by atoms with E-state index >= 15 is 0 Å². The molecular weight excluding hydrogens is 742 g/mol. The number of aromatic nitrogens is 5. The highest BCUT2D eigenvalue weighted by atomic mass is 35.5. The van der Waals surface area contributed by atoms with E-state index in [4.69, 9.17) is 22.2 Å². The first kappa shape index (κ1) is 36.8. The molecule has 6 rings (SSSR count). The minimum atomic E-state index is -1.76. The number of β-lactam (4-membered cyclic amide) rings is 1. The highest BCUT2D eigenvalue weighted by molar-refractivity contribution is 8.00. The number of halogens is 1. The molecule has 0 bridgehead atoms. The van der Waals surface area contributed by atoms with Crippen LogP contribution in [0.25, 0.3) is 5.70 Å². The molecule has 2 atom stereocenters. The first-order valence-electron chi connectivity index (χ1n) is 16.0. The standard InChI is InChI=1S/C30H34ClN11O8S2/c1-30(2,28(48)49)50-38-19(16-13-52-29(32)34-16)25(46)35-20-26(47)41-21(23-36-39-40-37-23)14(12-51-27(20)41)11-42(8-3-4-9-42)10-7-33-24(45)15-5-6-17(43)22(44)18(15)31/h5-6,13,20,27H,3-4,7-12H2,1-2H3,(H7-,32,33,34,35,36,37,38,39,40,43,44,45,46,48,49)/p+1/t20-,27-/m1/s1. The maximum atomic E-state index is 13.8. The number of anilines is 1. The van der Waals surface area contributed by atoms with Gasteiger partial charge in [0.1, 0.15) is 23.7 Å². The fourth-order valence-electron chi connectivity index (χ4n) is 6.20. The molecule has 1 aromatic carbocycles. The van der Waals surface area contributed by atoms with Gasteiger partial charge in [0.15, 0.2) is 28.2 Å². The van der Waals surface area contributed by atoms with Crippen molar-refractivity contribution in [2.24, 2.45) is 5.16 Å². The average molecular weight is 777 g/mol. The largest absolute Gasteiger partial charge is 0.504 e. The van der Waals surface area contributed by atoms with E-state index in [-0.39, 0.29) is 39.5 Å². The lowest BCUT2D eigenvalue weighted by molar-refractivity contribution is -0.911. The minimum absolute atomic E-state index is 0.0335. The zero-order valence-electron chi connectivity index (χ0n) is 27.8. The number of phenols is 2. The maximum Gasteiger partial charge on any atom is 0.350 e. The number of carboxylic acid groups (broad SMARTS) is 1. The van der Waals surface area contributed by atoms with Crippen molar-refractivity contribution in [2.75, 3.05) is 44.2 Å². The molecule has 0 saturated carbocycles. The smallest absolute Gasteiger partial charge is 0.350 e. The third-order valence-corrected chi connectivity index (χ3v) is 11.4. The van der Waals surface area contributed by atoms with Crippen LogP contribution in [0, 0.1) is 0 Å². The van der Waals surface area contributed by atoms with Gasteiger partial charge in [-0.05, 0) is 36.4 Å². The van der Waals surface area contributed by atoms with Gasteiger partial charge in [-0.2, -0.15) is 0 Å². The number of amides is 3. The Bertz CT molecular complexity index is 1960. The predicted octanol–water partition coefficient (Wildman–Crippen LogP) is 0.739. The van der Waals surface area contributed by atoms with Crippen LogP contribution in [0.2, 0.25) is 5.02 Å². The van der Waals surface area contributed by atoms with Gasteiger partial charge in [0, 0.05) is 29.5 Å². The van der Waals surface area contributed by atoms with Crippen LogP contribution in [0.3, 0.4) is 0 Å². The van der Waals surface area contributed by atoms with Gasteiger partial charge in [-0.25, -0.2) is 14.9 Å². The highest BCUT2D eigenvalue weighted by Gasteiger charge is 2.54. The topological polar surface area (TPSA) is 271 Å². The number of likely N-dealkylation sites (tertiary alicyclic amines) is 1. The average Bonchev–Trinajstić information content (AvgIpc) is 3.90. The number of phenolic OH excluding ortho intramolecular Hbond substituents is 2. The number of carbonyl (C=O) groups is 4. The van der Waals surface area contributed by atoms with Gasteiger partial charge < -0.3 is 41.0 Å². The lowest BCUT2D eigenvalue weighted by Gasteiger charge is -2.50. The van der Waals surface area contributed by atoms with Crippen molar-refractivity contribution in [3.8, 4) is 11.5 Å². The van der Waals surface area contributed by atoms with Crippen molar-refractivity contribution in [3.63, 3.8) is 0 Å². The number of carbonyl (C=O) groups excluding carboxylic acids is 3. The summed E-state index contributed by atoms with van der Waals surface area (Å²) in [5, 5.41) is 53.7. The van der Waals surface area contributed by atoms with Crippen molar-refractivity contribution in [1.29, 1.82) is 0 Å². The lowest BCUT2D eigenvalue weighted by atomic mass is 10.0. The van der Waals surface area contributed by atoms with Gasteiger partial charge in [-0.15, -0.1) is 28.2 Å². The molecule has 0 unspecified atom stereocenters. The Morgan fingerprint density at radius 3 is 2.65 bits per heavy atom. The Balaban J connectivity index is 1.19. The quantitative estimate of drug-likeness (QED) is 0.0415. The fourth-order valence-corrected chi connectivity index (χ4v) is 8.33. The van der Waals surface area contributed by atoms with Crippen LogP contribution in [0.5, 0.6) is 11.5 Å². The maximum absolute atomic E-state index is 13.8. The first-order chi connectivity index (χ1) is 24.7. The molecule has 2 fully saturated rings. The molecule has 0 spiro atoms. The Hall–Kier alpha value is -4.99. The zero-order valence-corrected chi connectivity index (χ0v) is 30.2. The molecule has 52 heavy (non-hydrogen) atoms. The highest BCUT2D eigenvalue weighted by Crippen LogP contribution is 2.44. The van der Waals surface area contributed by atoms with Crippen molar-refractivity contribution < 1.29 is 43.8 Å². The Kier molecular flexibility index (Phi) is 10.3. The van der Waals surface area contributed by atoms with Crippen LogP contribution >= 0.6 is 34.7 Å². The van der Waals surface area contributed by atoms with E-state index in [9.17, 15) is 34.5 Å². The number of nitrogens with zero attached hydrogens (tertiary/aromatic N) is 7. The van der Waals surface area contributed by atoms with Gasteiger partial charge in [-0.3, -0.25) is 19.3 Å². The number of oxime groups is 1. The number of nitrogens with one attached hydrogen (secondary N) is 3. The normalized spacial score (nSPS) is 19.9. The summed E-state index contributed by atoms with van der Waals surface area (Å²) in [5.41, 5.74) is 5.17. The van der Waals surface area contributed by atoms with Crippen molar-refractivity contribution in [3.05, 3.63) is 45.2 Å². The molecule has 3 aromatic rings. The number of tetrazole rings is 1. The van der Waals surface area contributed by atoms with Crippen molar-refractivity contribution in [1.82, 2.24) is 41.1 Å². The van der Waals surface area contributed by atoms with E-state index in [1.807, 2.05) is 0 Å². The predicted molar refractivity (Wildman–Crippen MR) is 188 cm³/mol. The number of aromatic amines is 1. The summed E-state index contributed by atoms with van der Waals surface area (Å²) in [6.45, 7) is 5.57. The van der Waals surface area contributed by atoms with Crippen LogP contribution in [0.15, 0.2) is 28.2 Å². The fraction of sp³-hybridized carbons (Fsp3) is 0.433.